The number of nitrogens with two attached hydrogens (primary N) is 1. The van der Waals surface area contributed by atoms with Crippen LogP contribution in [0.4, 0.5) is 10.2 Å². The fraction of sp³-hybridized carbons (Fsp3) is 0.350. The van der Waals surface area contributed by atoms with E-state index < -0.39 is 0 Å². The van der Waals surface area contributed by atoms with E-state index in [4.69, 9.17) is 5.73 Å². The Kier molecular flexibility index (Phi) is 4.99. The maximum absolute atomic E-state index is 14.2. The van der Waals surface area contributed by atoms with Crippen molar-refractivity contribution in [3.63, 3.8) is 0 Å². The average Bonchev–Trinajstić information content (AvgIpc) is 3.27. The molecule has 3 aromatic rings. The Morgan fingerprint density at radius 3 is 3.00 bits per heavy atom. The standard InChI is InChI=1S/C20H22FN5OS/c1-12-18-14(21)4-3-5-15(18)28-19(12)20(27)26-9-7-13(10-26)25(2)11-17-23-8-6-16(22)24-17/h3-6,8,13H,7,9-11H2,1-2H3,(H2,22,23,24)/t13-/m1/s1. The topological polar surface area (TPSA) is 75.4 Å². The lowest BCUT2D eigenvalue weighted by molar-refractivity contribution is 0.0783. The van der Waals surface area contributed by atoms with Crippen LogP contribution in [0, 0.1) is 12.7 Å². The lowest BCUT2D eigenvalue weighted by Crippen LogP contribution is -2.36. The molecule has 3 heterocycles. The fourth-order valence-corrected chi connectivity index (χ4v) is 4.92. The number of aromatic nitrogens is 2. The normalized spacial score (nSPS) is 17.0. The van der Waals surface area contributed by atoms with Crippen LogP contribution in [0.1, 0.15) is 27.5 Å². The monoisotopic (exact) mass is 399 g/mol. The molecule has 1 atom stereocenters. The maximum atomic E-state index is 14.2. The van der Waals surface area contributed by atoms with E-state index in [1.165, 1.54) is 17.4 Å². The van der Waals surface area contributed by atoms with Crippen molar-refractivity contribution in [1.29, 1.82) is 0 Å². The zero-order valence-corrected chi connectivity index (χ0v) is 16.7. The van der Waals surface area contributed by atoms with Gasteiger partial charge in [0.1, 0.15) is 17.5 Å². The van der Waals surface area contributed by atoms with Gasteiger partial charge in [-0.15, -0.1) is 11.3 Å². The molecule has 0 unspecified atom stereocenters. The fourth-order valence-electron chi connectivity index (χ4n) is 3.73. The summed E-state index contributed by atoms with van der Waals surface area (Å²) < 4.78 is 15.0. The Morgan fingerprint density at radius 1 is 1.43 bits per heavy atom. The number of benzene rings is 1. The van der Waals surface area contributed by atoms with Crippen LogP contribution in [-0.2, 0) is 6.54 Å². The van der Waals surface area contributed by atoms with E-state index in [0.29, 0.717) is 41.5 Å². The van der Waals surface area contributed by atoms with Gasteiger partial charge in [0, 0.05) is 35.4 Å². The quantitative estimate of drug-likeness (QED) is 0.730. The second-order valence-corrected chi connectivity index (χ2v) is 8.23. The second kappa shape index (κ2) is 7.44. The van der Waals surface area contributed by atoms with E-state index in [-0.39, 0.29) is 17.8 Å². The van der Waals surface area contributed by atoms with Gasteiger partial charge in [0.05, 0.1) is 11.4 Å². The molecule has 1 saturated heterocycles. The molecule has 1 amide bonds. The van der Waals surface area contributed by atoms with Gasteiger partial charge in [-0.05, 0) is 44.2 Å². The molecular formula is C20H22FN5OS. The summed E-state index contributed by atoms with van der Waals surface area (Å²) in [6, 6.07) is 6.87. The molecule has 0 saturated carbocycles. The van der Waals surface area contributed by atoms with Crippen molar-refractivity contribution in [3.05, 3.63) is 52.5 Å². The van der Waals surface area contributed by atoms with Crippen LogP contribution in [0.3, 0.4) is 0 Å². The SMILES string of the molecule is Cc1c(C(=O)N2CC[C@@H](N(C)Cc3nccc(N)n3)C2)sc2cccc(F)c12. The number of aryl methyl sites for hydroxylation is 1. The van der Waals surface area contributed by atoms with Gasteiger partial charge in [-0.2, -0.15) is 0 Å². The predicted molar refractivity (Wildman–Crippen MR) is 109 cm³/mol. The number of nitrogens with zero attached hydrogens (tertiary/aromatic N) is 4. The number of likely N-dealkylation sites (tertiary alicyclic amines) is 1. The molecule has 4 rings (SSSR count). The zero-order valence-electron chi connectivity index (χ0n) is 15.9. The highest BCUT2D eigenvalue weighted by Crippen LogP contribution is 2.34. The first kappa shape index (κ1) is 18.8. The van der Waals surface area contributed by atoms with Gasteiger partial charge in [0.25, 0.3) is 5.91 Å². The number of anilines is 1. The highest BCUT2D eigenvalue weighted by molar-refractivity contribution is 7.21. The third-order valence-electron chi connectivity index (χ3n) is 5.29. The molecular weight excluding hydrogens is 377 g/mol. The van der Waals surface area contributed by atoms with Crippen molar-refractivity contribution >= 4 is 33.1 Å². The largest absolute Gasteiger partial charge is 0.384 e. The molecule has 8 heteroatoms. The molecule has 1 aliphatic heterocycles. The number of hydrogen-bond acceptors (Lipinski definition) is 6. The smallest absolute Gasteiger partial charge is 0.264 e. The number of fused-ring (bicyclic) bond motifs is 1. The van der Waals surface area contributed by atoms with Crippen molar-refractivity contribution in [2.75, 3.05) is 25.9 Å². The Bertz CT molecular complexity index is 1040. The first-order chi connectivity index (χ1) is 13.4. The Hall–Kier alpha value is -2.58. The minimum absolute atomic E-state index is 0.0193. The third kappa shape index (κ3) is 3.45. The van der Waals surface area contributed by atoms with E-state index >= 15 is 0 Å². The predicted octanol–water partition coefficient (Wildman–Crippen LogP) is 3.07. The molecule has 0 aliphatic carbocycles. The van der Waals surface area contributed by atoms with Crippen molar-refractivity contribution in [2.24, 2.45) is 0 Å². The van der Waals surface area contributed by atoms with Gasteiger partial charge in [-0.1, -0.05) is 6.07 Å². The summed E-state index contributed by atoms with van der Waals surface area (Å²) in [4.78, 5) is 26.2. The number of hydrogen-bond donors (Lipinski definition) is 1. The van der Waals surface area contributed by atoms with E-state index in [2.05, 4.69) is 14.9 Å². The Balaban J connectivity index is 1.47. The first-order valence-corrected chi connectivity index (χ1v) is 10.00. The minimum atomic E-state index is -0.272. The summed E-state index contributed by atoms with van der Waals surface area (Å²) in [5.41, 5.74) is 6.45. The number of rotatable bonds is 4. The van der Waals surface area contributed by atoms with Crippen LogP contribution in [-0.4, -0.2) is 51.9 Å². The summed E-state index contributed by atoms with van der Waals surface area (Å²) in [6.45, 7) is 3.71. The number of thiophene rings is 1. The van der Waals surface area contributed by atoms with Crippen LogP contribution in [0.2, 0.25) is 0 Å². The van der Waals surface area contributed by atoms with Crippen LogP contribution >= 0.6 is 11.3 Å². The summed E-state index contributed by atoms with van der Waals surface area (Å²) in [5, 5.41) is 0.558. The van der Waals surface area contributed by atoms with Gasteiger partial charge in [0.15, 0.2) is 0 Å². The van der Waals surface area contributed by atoms with E-state index in [0.717, 1.165) is 16.7 Å². The maximum Gasteiger partial charge on any atom is 0.264 e. The van der Waals surface area contributed by atoms with Crippen molar-refractivity contribution in [2.45, 2.75) is 25.9 Å². The van der Waals surface area contributed by atoms with Crippen LogP contribution in [0.15, 0.2) is 30.5 Å². The van der Waals surface area contributed by atoms with Gasteiger partial charge < -0.3 is 10.6 Å². The molecule has 6 nitrogen and oxygen atoms in total. The van der Waals surface area contributed by atoms with E-state index in [9.17, 15) is 9.18 Å². The van der Waals surface area contributed by atoms with Gasteiger partial charge >= 0.3 is 0 Å². The number of likely N-dealkylation sites (N-methyl/N-ethyl adjacent to an activating group) is 1. The van der Waals surface area contributed by atoms with Crippen LogP contribution in [0.25, 0.3) is 10.1 Å². The number of carbonyl (C=O) groups is 1. The lowest BCUT2D eigenvalue weighted by Gasteiger charge is -2.24. The average molecular weight is 399 g/mol. The number of halogens is 1. The highest BCUT2D eigenvalue weighted by atomic mass is 32.1. The lowest BCUT2D eigenvalue weighted by atomic mass is 10.1. The molecule has 0 bridgehead atoms. The number of nitrogen functional groups attached to an aromatic ring is 1. The Labute approximate surface area is 166 Å². The molecule has 0 radical (unpaired) electrons. The summed E-state index contributed by atoms with van der Waals surface area (Å²) in [6.07, 6.45) is 2.53. The van der Waals surface area contributed by atoms with E-state index in [1.54, 1.807) is 18.3 Å². The molecule has 28 heavy (non-hydrogen) atoms. The molecule has 1 aliphatic rings. The van der Waals surface area contributed by atoms with Gasteiger partial charge in [0.2, 0.25) is 0 Å². The second-order valence-electron chi connectivity index (χ2n) is 7.18. The first-order valence-electron chi connectivity index (χ1n) is 9.18. The zero-order chi connectivity index (χ0) is 19.8. The third-order valence-corrected chi connectivity index (χ3v) is 6.53. The number of carbonyl (C=O) groups excluding carboxylic acids is 1. The summed E-state index contributed by atoms with van der Waals surface area (Å²) in [5.74, 6) is 0.831. The van der Waals surface area contributed by atoms with Crippen molar-refractivity contribution in [3.8, 4) is 0 Å². The summed E-state index contributed by atoms with van der Waals surface area (Å²) in [7, 11) is 2.01. The highest BCUT2D eigenvalue weighted by Gasteiger charge is 2.31. The van der Waals surface area contributed by atoms with Crippen molar-refractivity contribution < 1.29 is 9.18 Å². The van der Waals surface area contributed by atoms with Gasteiger partial charge in [-0.25, -0.2) is 14.4 Å². The Morgan fingerprint density at radius 2 is 2.25 bits per heavy atom. The van der Waals surface area contributed by atoms with Crippen LogP contribution in [0.5, 0.6) is 0 Å². The van der Waals surface area contributed by atoms with E-state index in [1.807, 2.05) is 24.9 Å². The number of amides is 1. The molecule has 1 aromatic carbocycles. The molecule has 146 valence electrons. The van der Waals surface area contributed by atoms with Gasteiger partial charge in [-0.3, -0.25) is 9.69 Å². The molecule has 1 fully saturated rings. The molecule has 2 N–H and O–H groups in total. The van der Waals surface area contributed by atoms with Crippen LogP contribution < -0.4 is 5.73 Å². The van der Waals surface area contributed by atoms with Crippen molar-refractivity contribution in [1.82, 2.24) is 19.8 Å². The summed E-state index contributed by atoms with van der Waals surface area (Å²) >= 11 is 1.37. The molecule has 2 aromatic heterocycles. The minimum Gasteiger partial charge on any atom is -0.384 e. The molecule has 0 spiro atoms.